The van der Waals surface area contributed by atoms with Crippen molar-refractivity contribution in [1.29, 1.82) is 0 Å². The van der Waals surface area contributed by atoms with Gasteiger partial charge in [0, 0.05) is 39.0 Å². The van der Waals surface area contributed by atoms with Crippen LogP contribution in [-0.4, -0.2) is 58.9 Å². The smallest absolute Gasteiger partial charge is 0.303 e. The Hall–Kier alpha value is -1.59. The van der Waals surface area contributed by atoms with Gasteiger partial charge in [0.2, 0.25) is 11.8 Å². The number of hydrogen-bond acceptors (Lipinski definition) is 3. The zero-order valence-corrected chi connectivity index (χ0v) is 13.2. The molecule has 0 saturated carbocycles. The van der Waals surface area contributed by atoms with E-state index in [4.69, 9.17) is 5.11 Å². The summed E-state index contributed by atoms with van der Waals surface area (Å²) >= 11 is 0. The van der Waals surface area contributed by atoms with Crippen molar-refractivity contribution in [2.45, 2.75) is 46.5 Å². The number of carboxylic acid groups (broad SMARTS) is 1. The summed E-state index contributed by atoms with van der Waals surface area (Å²) in [5, 5.41) is 8.87. The van der Waals surface area contributed by atoms with E-state index in [0.29, 0.717) is 32.6 Å². The number of carbonyl (C=O) groups excluding carboxylic acids is 2. The third-order valence-corrected chi connectivity index (χ3v) is 3.76. The lowest BCUT2D eigenvalue weighted by molar-refractivity contribution is -0.141. The third kappa shape index (κ3) is 5.73. The van der Waals surface area contributed by atoms with Crippen LogP contribution in [0.1, 0.15) is 46.5 Å². The lowest BCUT2D eigenvalue weighted by Gasteiger charge is -2.27. The van der Waals surface area contributed by atoms with Gasteiger partial charge in [0.05, 0.1) is 6.42 Å². The standard InChI is InChI=1S/C15H26N2O4/c1-4-12(18)16-6-5-7-17(9-8-16)13(19)10-15(2,3)11-14(20)21/h4-11H2,1-3H3,(H,20,21). The Bertz CT molecular complexity index is 406. The average Bonchev–Trinajstić information content (AvgIpc) is 2.61. The molecule has 0 aliphatic carbocycles. The highest BCUT2D eigenvalue weighted by atomic mass is 16.4. The van der Waals surface area contributed by atoms with Gasteiger partial charge in [0.1, 0.15) is 0 Å². The molecular weight excluding hydrogens is 272 g/mol. The number of amides is 2. The van der Waals surface area contributed by atoms with Crippen LogP contribution in [0.25, 0.3) is 0 Å². The van der Waals surface area contributed by atoms with Gasteiger partial charge in [-0.05, 0) is 11.8 Å². The maximum absolute atomic E-state index is 12.3. The number of carboxylic acids is 1. The lowest BCUT2D eigenvalue weighted by atomic mass is 9.85. The number of nitrogens with zero attached hydrogens (tertiary/aromatic N) is 2. The number of carbonyl (C=O) groups is 3. The van der Waals surface area contributed by atoms with Crippen LogP contribution in [0.3, 0.4) is 0 Å². The minimum absolute atomic E-state index is 0.0208. The van der Waals surface area contributed by atoms with E-state index in [2.05, 4.69) is 0 Å². The molecule has 0 bridgehead atoms. The Morgan fingerprint density at radius 3 is 1.95 bits per heavy atom. The van der Waals surface area contributed by atoms with Crippen molar-refractivity contribution in [1.82, 2.24) is 9.80 Å². The molecule has 1 aliphatic rings. The van der Waals surface area contributed by atoms with Crippen molar-refractivity contribution in [2.75, 3.05) is 26.2 Å². The normalized spacial score (nSPS) is 16.5. The van der Waals surface area contributed by atoms with E-state index in [9.17, 15) is 14.4 Å². The summed E-state index contributed by atoms with van der Waals surface area (Å²) in [5.41, 5.74) is -0.547. The van der Waals surface area contributed by atoms with Crippen molar-refractivity contribution in [3.05, 3.63) is 0 Å². The van der Waals surface area contributed by atoms with Crippen LogP contribution in [-0.2, 0) is 14.4 Å². The summed E-state index contributed by atoms with van der Waals surface area (Å²) in [5.74, 6) is -0.786. The van der Waals surface area contributed by atoms with Gasteiger partial charge in [-0.25, -0.2) is 0 Å². The molecule has 0 atom stereocenters. The molecule has 1 rings (SSSR count). The molecule has 0 aromatic rings. The number of hydrogen-bond donors (Lipinski definition) is 1. The molecule has 0 aromatic carbocycles. The van der Waals surface area contributed by atoms with Gasteiger partial charge in [-0.15, -0.1) is 0 Å². The zero-order valence-electron chi connectivity index (χ0n) is 13.2. The summed E-state index contributed by atoms with van der Waals surface area (Å²) in [6.45, 7) is 7.86. The van der Waals surface area contributed by atoms with E-state index >= 15 is 0 Å². The average molecular weight is 298 g/mol. The predicted octanol–water partition coefficient (Wildman–Crippen LogP) is 1.35. The molecule has 1 fully saturated rings. The second kappa shape index (κ2) is 7.43. The van der Waals surface area contributed by atoms with Gasteiger partial charge < -0.3 is 14.9 Å². The fourth-order valence-electron chi connectivity index (χ4n) is 2.63. The van der Waals surface area contributed by atoms with Crippen molar-refractivity contribution < 1.29 is 19.5 Å². The van der Waals surface area contributed by atoms with Gasteiger partial charge in [-0.3, -0.25) is 14.4 Å². The molecule has 1 aliphatic heterocycles. The van der Waals surface area contributed by atoms with Crippen molar-refractivity contribution in [3.63, 3.8) is 0 Å². The quantitative estimate of drug-likeness (QED) is 0.831. The number of aliphatic carboxylic acids is 1. The Kier molecular flexibility index (Phi) is 6.18. The molecule has 1 saturated heterocycles. The highest BCUT2D eigenvalue weighted by molar-refractivity contribution is 5.79. The summed E-state index contributed by atoms with van der Waals surface area (Å²) in [6.07, 6.45) is 1.46. The molecule has 0 unspecified atom stereocenters. The van der Waals surface area contributed by atoms with Crippen LogP contribution in [0, 0.1) is 5.41 Å². The van der Waals surface area contributed by atoms with Crippen LogP contribution in [0.4, 0.5) is 0 Å². The summed E-state index contributed by atoms with van der Waals surface area (Å²) in [7, 11) is 0. The van der Waals surface area contributed by atoms with Crippen LogP contribution < -0.4 is 0 Å². The first-order valence-electron chi connectivity index (χ1n) is 7.52. The fourth-order valence-corrected chi connectivity index (χ4v) is 2.63. The van der Waals surface area contributed by atoms with Gasteiger partial charge in [-0.1, -0.05) is 20.8 Å². The van der Waals surface area contributed by atoms with Gasteiger partial charge in [0.15, 0.2) is 0 Å². The molecule has 1 heterocycles. The maximum Gasteiger partial charge on any atom is 0.303 e. The molecule has 2 amide bonds. The highest BCUT2D eigenvalue weighted by Crippen LogP contribution is 2.26. The SMILES string of the molecule is CCC(=O)N1CCCN(C(=O)CC(C)(C)CC(=O)O)CC1. The molecule has 120 valence electrons. The topological polar surface area (TPSA) is 77.9 Å². The van der Waals surface area contributed by atoms with Crippen LogP contribution >= 0.6 is 0 Å². The monoisotopic (exact) mass is 298 g/mol. The Labute approximate surface area is 126 Å². The first-order valence-corrected chi connectivity index (χ1v) is 7.52. The van der Waals surface area contributed by atoms with Crippen molar-refractivity contribution in [3.8, 4) is 0 Å². The van der Waals surface area contributed by atoms with E-state index in [0.717, 1.165) is 6.42 Å². The van der Waals surface area contributed by atoms with E-state index in [1.165, 1.54) is 0 Å². The molecule has 6 heteroatoms. The first kappa shape index (κ1) is 17.5. The van der Waals surface area contributed by atoms with Gasteiger partial charge in [0.25, 0.3) is 0 Å². The third-order valence-electron chi connectivity index (χ3n) is 3.76. The summed E-state index contributed by atoms with van der Waals surface area (Å²) in [4.78, 5) is 38.4. The summed E-state index contributed by atoms with van der Waals surface area (Å²) in [6, 6.07) is 0. The van der Waals surface area contributed by atoms with Crippen molar-refractivity contribution in [2.24, 2.45) is 5.41 Å². The van der Waals surface area contributed by atoms with E-state index in [1.807, 2.05) is 6.92 Å². The Morgan fingerprint density at radius 1 is 0.952 bits per heavy atom. The fraction of sp³-hybridized carbons (Fsp3) is 0.800. The first-order chi connectivity index (χ1) is 9.75. The minimum atomic E-state index is -0.886. The Balaban J connectivity index is 2.55. The van der Waals surface area contributed by atoms with E-state index in [-0.39, 0.29) is 24.7 Å². The predicted molar refractivity (Wildman–Crippen MR) is 78.7 cm³/mol. The van der Waals surface area contributed by atoms with Gasteiger partial charge >= 0.3 is 5.97 Å². The van der Waals surface area contributed by atoms with Crippen LogP contribution in [0.2, 0.25) is 0 Å². The molecule has 0 spiro atoms. The lowest BCUT2D eigenvalue weighted by Crippen LogP contribution is -2.38. The molecule has 1 N–H and O–H groups in total. The maximum atomic E-state index is 12.3. The van der Waals surface area contributed by atoms with Gasteiger partial charge in [-0.2, -0.15) is 0 Å². The molecule has 0 aromatic heterocycles. The molecule has 6 nitrogen and oxygen atoms in total. The summed E-state index contributed by atoms with van der Waals surface area (Å²) < 4.78 is 0. The van der Waals surface area contributed by atoms with Crippen molar-refractivity contribution >= 4 is 17.8 Å². The molecule has 0 radical (unpaired) electrons. The Morgan fingerprint density at radius 2 is 1.48 bits per heavy atom. The molecular formula is C15H26N2O4. The number of rotatable bonds is 5. The van der Waals surface area contributed by atoms with Crippen LogP contribution in [0.5, 0.6) is 0 Å². The van der Waals surface area contributed by atoms with Crippen LogP contribution in [0.15, 0.2) is 0 Å². The van der Waals surface area contributed by atoms with E-state index in [1.54, 1.807) is 23.6 Å². The van der Waals surface area contributed by atoms with E-state index < -0.39 is 11.4 Å². The highest BCUT2D eigenvalue weighted by Gasteiger charge is 2.29. The zero-order chi connectivity index (χ0) is 16.0. The largest absolute Gasteiger partial charge is 0.481 e. The minimum Gasteiger partial charge on any atom is -0.481 e. The second-order valence-electron chi connectivity index (χ2n) is 6.38. The second-order valence-corrected chi connectivity index (χ2v) is 6.38. The molecule has 21 heavy (non-hydrogen) atoms.